The topological polar surface area (TPSA) is 74.8 Å². The average molecular weight is 261 g/mol. The second kappa shape index (κ2) is 5.20. The summed E-state index contributed by atoms with van der Waals surface area (Å²) in [6, 6.07) is 0. The van der Waals surface area contributed by atoms with E-state index in [4.69, 9.17) is 0 Å². The monoisotopic (exact) mass is 261 g/mol. The summed E-state index contributed by atoms with van der Waals surface area (Å²) in [5.74, 6) is 2.74. The number of nitrogens with one attached hydrogen (secondary N) is 2. The van der Waals surface area contributed by atoms with Gasteiger partial charge in [0.25, 0.3) is 10.0 Å². The van der Waals surface area contributed by atoms with E-state index in [0.29, 0.717) is 12.5 Å². The van der Waals surface area contributed by atoms with Crippen molar-refractivity contribution in [3.05, 3.63) is 12.5 Å². The minimum Gasteiger partial charge on any atom is -0.335 e. The molecule has 1 aromatic heterocycles. The van der Waals surface area contributed by atoms with Crippen LogP contribution in [0.25, 0.3) is 0 Å². The zero-order valence-corrected chi connectivity index (χ0v) is 10.5. The van der Waals surface area contributed by atoms with E-state index < -0.39 is 10.0 Å². The fraction of sp³-hybridized carbons (Fsp3) is 0.667. The van der Waals surface area contributed by atoms with Crippen LogP contribution in [-0.4, -0.2) is 36.4 Å². The van der Waals surface area contributed by atoms with E-state index in [1.54, 1.807) is 0 Å². The Morgan fingerprint density at radius 3 is 2.88 bits per heavy atom. The predicted octanol–water partition coefficient (Wildman–Crippen LogP) is 0.831. The second-order valence-corrected chi connectivity index (χ2v) is 6.78. The Balaban J connectivity index is 1.89. The molecule has 0 bridgehead atoms. The first-order valence-corrected chi connectivity index (χ1v) is 7.88. The molecule has 1 saturated heterocycles. The van der Waals surface area contributed by atoms with Crippen molar-refractivity contribution in [3.8, 4) is 0 Å². The molecule has 1 fully saturated rings. The Morgan fingerprint density at radius 2 is 2.25 bits per heavy atom. The van der Waals surface area contributed by atoms with Gasteiger partial charge in [0.05, 0.1) is 12.5 Å². The minimum atomic E-state index is -3.39. The first kappa shape index (κ1) is 11.9. The number of rotatable bonds is 4. The predicted molar refractivity (Wildman–Crippen MR) is 63.8 cm³/mol. The molecular formula is C9H15N3O2S2. The molecule has 7 heteroatoms. The number of sulfonamides is 1. The van der Waals surface area contributed by atoms with Crippen LogP contribution in [0.4, 0.5) is 0 Å². The van der Waals surface area contributed by atoms with Crippen LogP contribution in [0.15, 0.2) is 17.6 Å². The Morgan fingerprint density at radius 1 is 1.50 bits per heavy atom. The van der Waals surface area contributed by atoms with Crippen LogP contribution in [0.2, 0.25) is 0 Å². The summed E-state index contributed by atoms with van der Waals surface area (Å²) in [5, 5.41) is 0.137. The normalized spacial score (nSPS) is 18.8. The molecule has 2 N–H and O–H groups in total. The first-order chi connectivity index (χ1) is 7.68. The lowest BCUT2D eigenvalue weighted by Gasteiger charge is -2.21. The molecular weight excluding hydrogens is 246 g/mol. The average Bonchev–Trinajstić information content (AvgIpc) is 2.82. The van der Waals surface area contributed by atoms with Crippen LogP contribution >= 0.6 is 11.8 Å². The SMILES string of the molecule is O=S(=O)(NCC1CCSCC1)c1cnc[nH]1. The molecule has 1 aromatic rings. The number of imidazole rings is 1. The number of thioether (sulfide) groups is 1. The Bertz CT molecular complexity index is 410. The van der Waals surface area contributed by atoms with Crippen LogP contribution in [-0.2, 0) is 10.0 Å². The quantitative estimate of drug-likeness (QED) is 0.842. The second-order valence-electron chi connectivity index (χ2n) is 3.82. The van der Waals surface area contributed by atoms with Crippen LogP contribution in [0.3, 0.4) is 0 Å². The summed E-state index contributed by atoms with van der Waals surface area (Å²) < 4.78 is 26.1. The van der Waals surface area contributed by atoms with Crippen molar-refractivity contribution >= 4 is 21.8 Å². The van der Waals surface area contributed by atoms with Gasteiger partial charge in [0.2, 0.25) is 0 Å². The molecule has 0 aliphatic carbocycles. The van der Waals surface area contributed by atoms with E-state index in [-0.39, 0.29) is 5.03 Å². The molecule has 90 valence electrons. The van der Waals surface area contributed by atoms with Crippen molar-refractivity contribution in [1.29, 1.82) is 0 Å². The van der Waals surface area contributed by atoms with Crippen molar-refractivity contribution in [1.82, 2.24) is 14.7 Å². The summed E-state index contributed by atoms with van der Waals surface area (Å²) in [6.45, 7) is 0.530. The van der Waals surface area contributed by atoms with Gasteiger partial charge in [-0.1, -0.05) is 0 Å². The van der Waals surface area contributed by atoms with E-state index >= 15 is 0 Å². The van der Waals surface area contributed by atoms with E-state index in [1.165, 1.54) is 12.5 Å². The van der Waals surface area contributed by atoms with Crippen molar-refractivity contribution < 1.29 is 8.42 Å². The van der Waals surface area contributed by atoms with Crippen molar-refractivity contribution in [2.45, 2.75) is 17.9 Å². The zero-order chi connectivity index (χ0) is 11.4. The van der Waals surface area contributed by atoms with Gasteiger partial charge in [-0.25, -0.2) is 18.1 Å². The van der Waals surface area contributed by atoms with Crippen LogP contribution in [0.1, 0.15) is 12.8 Å². The number of aromatic nitrogens is 2. The summed E-state index contributed by atoms with van der Waals surface area (Å²) in [6.07, 6.45) is 4.87. The van der Waals surface area contributed by atoms with Crippen molar-refractivity contribution in [3.63, 3.8) is 0 Å². The van der Waals surface area contributed by atoms with Gasteiger partial charge in [-0.05, 0) is 30.3 Å². The molecule has 0 aromatic carbocycles. The number of aromatic amines is 1. The van der Waals surface area contributed by atoms with Gasteiger partial charge in [0.15, 0.2) is 5.03 Å². The molecule has 0 atom stereocenters. The summed E-state index contributed by atoms with van der Waals surface area (Å²) >= 11 is 1.94. The van der Waals surface area contributed by atoms with Crippen LogP contribution in [0, 0.1) is 5.92 Å². The van der Waals surface area contributed by atoms with Gasteiger partial charge in [0.1, 0.15) is 0 Å². The van der Waals surface area contributed by atoms with Crippen LogP contribution < -0.4 is 4.72 Å². The third-order valence-corrected chi connectivity index (χ3v) is 5.06. The fourth-order valence-electron chi connectivity index (χ4n) is 1.65. The Labute approximate surface area is 99.5 Å². The highest BCUT2D eigenvalue weighted by atomic mass is 32.2. The molecule has 2 rings (SSSR count). The molecule has 0 unspecified atom stereocenters. The van der Waals surface area contributed by atoms with Crippen molar-refractivity contribution in [2.24, 2.45) is 5.92 Å². The fourth-order valence-corrected chi connectivity index (χ4v) is 3.87. The molecule has 1 aliphatic heterocycles. The molecule has 0 radical (unpaired) electrons. The molecule has 0 saturated carbocycles. The highest BCUT2D eigenvalue weighted by molar-refractivity contribution is 7.99. The standard InChI is InChI=1S/C9H15N3O2S2/c13-16(14,9-6-10-7-11-9)12-5-8-1-3-15-4-2-8/h6-8,12H,1-5H2,(H,10,11). The van der Waals surface area contributed by atoms with Gasteiger partial charge < -0.3 is 4.98 Å². The lowest BCUT2D eigenvalue weighted by Crippen LogP contribution is -2.31. The van der Waals surface area contributed by atoms with Gasteiger partial charge >= 0.3 is 0 Å². The molecule has 0 amide bonds. The van der Waals surface area contributed by atoms with Gasteiger partial charge in [0, 0.05) is 6.54 Å². The summed E-state index contributed by atoms with van der Waals surface area (Å²) in [7, 11) is -3.39. The maximum absolute atomic E-state index is 11.7. The third kappa shape index (κ3) is 2.99. The highest BCUT2D eigenvalue weighted by Crippen LogP contribution is 2.22. The molecule has 1 aliphatic rings. The number of hydrogen-bond acceptors (Lipinski definition) is 4. The molecule has 5 nitrogen and oxygen atoms in total. The third-order valence-electron chi connectivity index (χ3n) is 2.67. The highest BCUT2D eigenvalue weighted by Gasteiger charge is 2.19. The summed E-state index contributed by atoms with van der Waals surface area (Å²) in [5.41, 5.74) is 0. The molecule has 2 heterocycles. The number of nitrogens with zero attached hydrogens (tertiary/aromatic N) is 1. The Hall–Kier alpha value is -0.530. The first-order valence-electron chi connectivity index (χ1n) is 5.24. The number of hydrogen-bond donors (Lipinski definition) is 2. The lowest BCUT2D eigenvalue weighted by atomic mass is 10.0. The lowest BCUT2D eigenvalue weighted by molar-refractivity contribution is 0.476. The maximum atomic E-state index is 11.7. The minimum absolute atomic E-state index is 0.137. The van der Waals surface area contributed by atoms with E-state index in [9.17, 15) is 8.42 Å². The Kier molecular flexibility index (Phi) is 3.88. The number of H-pyrrole nitrogens is 1. The smallest absolute Gasteiger partial charge is 0.257 e. The molecule has 0 spiro atoms. The summed E-state index contributed by atoms with van der Waals surface area (Å²) in [4.78, 5) is 6.30. The van der Waals surface area contributed by atoms with Gasteiger partial charge in [-0.3, -0.25) is 0 Å². The largest absolute Gasteiger partial charge is 0.335 e. The van der Waals surface area contributed by atoms with Gasteiger partial charge in [-0.15, -0.1) is 0 Å². The van der Waals surface area contributed by atoms with E-state index in [1.807, 2.05) is 11.8 Å². The van der Waals surface area contributed by atoms with Crippen molar-refractivity contribution in [2.75, 3.05) is 18.1 Å². The zero-order valence-electron chi connectivity index (χ0n) is 8.85. The van der Waals surface area contributed by atoms with Crippen LogP contribution in [0.5, 0.6) is 0 Å². The molecule has 16 heavy (non-hydrogen) atoms. The van der Waals surface area contributed by atoms with E-state index in [0.717, 1.165) is 24.3 Å². The van der Waals surface area contributed by atoms with E-state index in [2.05, 4.69) is 14.7 Å². The maximum Gasteiger partial charge on any atom is 0.257 e. The van der Waals surface area contributed by atoms with Gasteiger partial charge in [-0.2, -0.15) is 11.8 Å².